The highest BCUT2D eigenvalue weighted by Crippen LogP contribution is 1.94. The van der Waals surface area contributed by atoms with Crippen molar-refractivity contribution in [1.29, 1.82) is 0 Å². The molecule has 1 amide bonds. The minimum Gasteiger partial charge on any atom is -0.388 e. The maximum atomic E-state index is 10.9. The summed E-state index contributed by atoms with van der Waals surface area (Å²) < 4.78 is 0. The molecule has 0 rings (SSSR count). The molecule has 0 aromatic heterocycles. The topological polar surface area (TPSA) is 120 Å². The van der Waals surface area contributed by atoms with Gasteiger partial charge in [-0.1, -0.05) is 27.7 Å². The Morgan fingerprint density at radius 2 is 1.63 bits per heavy atom. The lowest BCUT2D eigenvalue weighted by atomic mass is 10.1. The molecule has 118 valence electrons. The van der Waals surface area contributed by atoms with E-state index in [9.17, 15) is 4.79 Å². The van der Waals surface area contributed by atoms with Gasteiger partial charge in [0.1, 0.15) is 0 Å². The van der Waals surface area contributed by atoms with E-state index in [4.69, 9.17) is 11.5 Å². The van der Waals surface area contributed by atoms with Gasteiger partial charge >= 0.3 is 0 Å². The zero-order valence-corrected chi connectivity index (χ0v) is 13.8. The Morgan fingerprint density at radius 1 is 1.21 bits per heavy atom. The third-order valence-electron chi connectivity index (χ3n) is 1.62. The fraction of sp³-hybridized carbons (Fsp3) is 0.846. The average Bonchev–Trinajstić information content (AvgIpc) is 2.48. The lowest BCUT2D eigenvalue weighted by molar-refractivity contribution is -0.122. The van der Waals surface area contributed by atoms with Gasteiger partial charge in [-0.25, -0.2) is 0 Å². The Morgan fingerprint density at radius 3 is 1.95 bits per heavy atom. The molecule has 6 nitrogen and oxygen atoms in total. The third kappa shape index (κ3) is 26.5. The van der Waals surface area contributed by atoms with Gasteiger partial charge in [-0.15, -0.1) is 0 Å². The molecule has 0 spiro atoms. The predicted octanol–water partition coefficient (Wildman–Crippen LogP) is 0.844. The smallest absolute Gasteiger partial charge is 0.236 e. The summed E-state index contributed by atoms with van der Waals surface area (Å²) in [5, 5.41) is 2.49. The second kappa shape index (κ2) is 25.6. The Hall–Kier alpha value is -1.14. The largest absolute Gasteiger partial charge is 0.388 e. The van der Waals surface area contributed by atoms with E-state index in [1.54, 1.807) is 14.0 Å². The molecule has 0 fully saturated rings. The minimum absolute atomic E-state index is 0.131. The van der Waals surface area contributed by atoms with Crippen molar-refractivity contribution in [3.8, 4) is 0 Å². The van der Waals surface area contributed by atoms with Gasteiger partial charge in [0.05, 0.1) is 11.9 Å². The van der Waals surface area contributed by atoms with Gasteiger partial charge in [-0.3, -0.25) is 9.79 Å². The van der Waals surface area contributed by atoms with Crippen LogP contribution >= 0.6 is 0 Å². The van der Waals surface area contributed by atoms with E-state index in [0.29, 0.717) is 18.8 Å². The number of likely N-dealkylation sites (N-methyl/N-ethyl adjacent to an activating group) is 1. The fourth-order valence-electron chi connectivity index (χ4n) is 0.883. The molecular weight excluding hydrogens is 242 g/mol. The molecule has 0 aliphatic rings. The predicted molar refractivity (Wildman–Crippen MR) is 86.2 cm³/mol. The van der Waals surface area contributed by atoms with Crippen molar-refractivity contribution >= 4 is 11.7 Å². The Labute approximate surface area is 119 Å². The molecule has 0 saturated heterocycles. The van der Waals surface area contributed by atoms with Crippen molar-refractivity contribution in [2.75, 3.05) is 20.6 Å². The van der Waals surface area contributed by atoms with Crippen LogP contribution in [0.3, 0.4) is 0 Å². The maximum absolute atomic E-state index is 10.9. The van der Waals surface area contributed by atoms with Crippen LogP contribution in [-0.2, 0) is 4.79 Å². The first-order valence-corrected chi connectivity index (χ1v) is 6.89. The molecule has 0 aliphatic heterocycles. The Kier molecular flexibility index (Phi) is 35.7. The third-order valence-corrected chi connectivity index (χ3v) is 1.62. The Balaban J connectivity index is -0.000000163. The lowest BCUT2D eigenvalue weighted by Crippen LogP contribution is -2.38. The molecule has 0 radical (unpaired) electrons. The number of nitrogens with one attached hydrogen (secondary N) is 1. The summed E-state index contributed by atoms with van der Waals surface area (Å²) in [6.45, 7) is 10.4. The highest BCUT2D eigenvalue weighted by molar-refractivity contribution is 5.81. The molecule has 6 heteroatoms. The Bertz CT molecular complexity index is 191. The van der Waals surface area contributed by atoms with E-state index in [-0.39, 0.29) is 5.91 Å². The minimum atomic E-state index is -0.432. The SMILES string of the molecule is CC.CC.CN.CNC(=O)[C@@H](N)CCCN=C(C)N. The van der Waals surface area contributed by atoms with Crippen LogP contribution in [0.1, 0.15) is 47.5 Å². The van der Waals surface area contributed by atoms with E-state index in [1.807, 2.05) is 27.7 Å². The van der Waals surface area contributed by atoms with Gasteiger partial charge in [0.2, 0.25) is 5.91 Å². The average molecular weight is 277 g/mol. The van der Waals surface area contributed by atoms with Crippen LogP contribution in [-0.4, -0.2) is 38.4 Å². The van der Waals surface area contributed by atoms with Gasteiger partial charge in [0.25, 0.3) is 0 Å². The van der Waals surface area contributed by atoms with E-state index in [1.165, 1.54) is 7.05 Å². The highest BCUT2D eigenvalue weighted by atomic mass is 16.2. The number of hydrogen-bond acceptors (Lipinski definition) is 4. The summed E-state index contributed by atoms with van der Waals surface area (Å²) in [6.07, 6.45) is 1.42. The summed E-state index contributed by atoms with van der Waals surface area (Å²) in [5.74, 6) is 0.432. The summed E-state index contributed by atoms with van der Waals surface area (Å²) >= 11 is 0. The molecule has 0 aromatic carbocycles. The number of amides is 1. The fourth-order valence-corrected chi connectivity index (χ4v) is 0.883. The monoisotopic (exact) mass is 277 g/mol. The van der Waals surface area contributed by atoms with E-state index in [2.05, 4.69) is 16.0 Å². The van der Waals surface area contributed by atoms with Crippen LogP contribution < -0.4 is 22.5 Å². The number of hydrogen-bond donors (Lipinski definition) is 4. The van der Waals surface area contributed by atoms with Crippen LogP contribution in [0.15, 0.2) is 4.99 Å². The number of nitrogens with zero attached hydrogens (tertiary/aromatic N) is 1. The van der Waals surface area contributed by atoms with Crippen LogP contribution in [0.25, 0.3) is 0 Å². The molecule has 0 heterocycles. The van der Waals surface area contributed by atoms with Crippen LogP contribution in [0, 0.1) is 0 Å². The van der Waals surface area contributed by atoms with Gasteiger partial charge in [0, 0.05) is 13.6 Å². The van der Waals surface area contributed by atoms with Crippen LogP contribution in [0.4, 0.5) is 0 Å². The summed E-state index contributed by atoms with van der Waals surface area (Å²) in [6, 6.07) is -0.432. The van der Waals surface area contributed by atoms with Crippen LogP contribution in [0.5, 0.6) is 0 Å². The number of nitrogens with two attached hydrogens (primary N) is 3. The van der Waals surface area contributed by atoms with Crippen LogP contribution in [0.2, 0.25) is 0 Å². The zero-order chi connectivity index (χ0) is 16.3. The first kappa shape index (κ1) is 26.4. The summed E-state index contributed by atoms with van der Waals surface area (Å²) in [7, 11) is 3.07. The zero-order valence-electron chi connectivity index (χ0n) is 13.8. The molecule has 0 aliphatic carbocycles. The number of carbonyl (C=O) groups excluding carboxylic acids is 1. The van der Waals surface area contributed by atoms with Crippen molar-refractivity contribution < 1.29 is 4.79 Å². The highest BCUT2D eigenvalue weighted by Gasteiger charge is 2.09. The van der Waals surface area contributed by atoms with Gasteiger partial charge in [-0.05, 0) is 26.8 Å². The quantitative estimate of drug-likeness (QED) is 0.338. The van der Waals surface area contributed by atoms with Crippen molar-refractivity contribution in [3.05, 3.63) is 0 Å². The summed E-state index contributed by atoms with van der Waals surface area (Å²) in [5.41, 5.74) is 15.4. The van der Waals surface area contributed by atoms with Crippen molar-refractivity contribution in [2.45, 2.75) is 53.5 Å². The molecule has 1 atom stereocenters. The molecule has 0 bridgehead atoms. The van der Waals surface area contributed by atoms with Crippen molar-refractivity contribution in [2.24, 2.45) is 22.2 Å². The van der Waals surface area contributed by atoms with Gasteiger partial charge in [-0.2, -0.15) is 0 Å². The normalized spacial score (nSPS) is 10.5. The first-order valence-electron chi connectivity index (χ1n) is 6.89. The number of aliphatic imine (C=N–C) groups is 1. The number of amidine groups is 1. The second-order valence-corrected chi connectivity index (χ2v) is 2.89. The number of carbonyl (C=O) groups is 1. The van der Waals surface area contributed by atoms with Gasteiger partial charge in [0.15, 0.2) is 0 Å². The molecule has 0 saturated carbocycles. The molecule has 7 N–H and O–H groups in total. The molecular formula is C13H35N5O. The van der Waals surface area contributed by atoms with E-state index < -0.39 is 6.04 Å². The first-order chi connectivity index (χ1) is 9.07. The molecule has 0 aromatic rings. The lowest BCUT2D eigenvalue weighted by Gasteiger charge is -2.07. The standard InChI is InChI=1S/C8H18N4O.2C2H6.CH5N/c1-6(9)12-5-3-4-7(10)8(13)11-2;3*1-2/h7H,3-5,10H2,1-2H3,(H2,9,12)(H,11,13);2*1-2H3;2H2,1H3/t7-;;;/m0.../s1. The maximum Gasteiger partial charge on any atom is 0.236 e. The molecule has 0 unspecified atom stereocenters. The van der Waals surface area contributed by atoms with E-state index in [0.717, 1.165) is 6.42 Å². The van der Waals surface area contributed by atoms with Gasteiger partial charge < -0.3 is 22.5 Å². The second-order valence-electron chi connectivity index (χ2n) is 2.89. The van der Waals surface area contributed by atoms with Crippen molar-refractivity contribution in [3.63, 3.8) is 0 Å². The molecule has 19 heavy (non-hydrogen) atoms. The number of rotatable bonds is 5. The summed E-state index contributed by atoms with van der Waals surface area (Å²) in [4.78, 5) is 14.9. The van der Waals surface area contributed by atoms with E-state index >= 15 is 0 Å². The van der Waals surface area contributed by atoms with Crippen molar-refractivity contribution in [1.82, 2.24) is 5.32 Å².